The zero-order chi connectivity index (χ0) is 16.5. The number of nitrogens with two attached hydrogens (primary N) is 1. The first-order valence-electron chi connectivity index (χ1n) is 8.60. The Hall–Kier alpha value is -1.01. The third-order valence-corrected chi connectivity index (χ3v) is 4.43. The number of para-hydroxylation sites is 1. The zero-order valence-corrected chi connectivity index (χ0v) is 16.5. The first-order chi connectivity index (χ1) is 11.3. The molecule has 1 aromatic carbocycles. The van der Waals surface area contributed by atoms with E-state index in [2.05, 4.69) is 16.3 Å². The molecule has 2 rings (SSSR count). The SMILES string of the molecule is COc1ccccc1C(CNC(=O)CCCN)N1CCCCC1.Cl.Cl. The Morgan fingerprint density at radius 3 is 2.56 bits per heavy atom. The van der Waals surface area contributed by atoms with E-state index in [1.54, 1.807) is 7.11 Å². The normalized spacial score (nSPS) is 15.4. The van der Waals surface area contributed by atoms with Gasteiger partial charge >= 0.3 is 0 Å². The highest BCUT2D eigenvalue weighted by Gasteiger charge is 2.25. The number of likely N-dealkylation sites (tertiary alicyclic amines) is 1. The quantitative estimate of drug-likeness (QED) is 0.714. The van der Waals surface area contributed by atoms with Gasteiger partial charge in [-0.15, -0.1) is 24.8 Å². The van der Waals surface area contributed by atoms with Crippen molar-refractivity contribution in [2.75, 3.05) is 33.3 Å². The second-order valence-corrected chi connectivity index (χ2v) is 6.05. The van der Waals surface area contributed by atoms with Crippen LogP contribution in [0.5, 0.6) is 5.75 Å². The average molecular weight is 392 g/mol. The summed E-state index contributed by atoms with van der Waals surface area (Å²) in [7, 11) is 1.70. The number of nitrogens with one attached hydrogen (secondary N) is 1. The van der Waals surface area contributed by atoms with E-state index in [1.165, 1.54) is 19.3 Å². The largest absolute Gasteiger partial charge is 0.496 e. The van der Waals surface area contributed by atoms with E-state index in [4.69, 9.17) is 10.5 Å². The van der Waals surface area contributed by atoms with Gasteiger partial charge in [-0.25, -0.2) is 0 Å². The fraction of sp³-hybridized carbons (Fsp3) is 0.611. The van der Waals surface area contributed by atoms with Gasteiger partial charge in [0.2, 0.25) is 5.91 Å². The van der Waals surface area contributed by atoms with Gasteiger partial charge < -0.3 is 15.8 Å². The summed E-state index contributed by atoms with van der Waals surface area (Å²) in [6.45, 7) is 3.31. The van der Waals surface area contributed by atoms with Gasteiger partial charge in [-0.3, -0.25) is 9.69 Å². The third-order valence-electron chi connectivity index (χ3n) is 4.43. The Kier molecular flexibility index (Phi) is 12.7. The predicted octanol–water partition coefficient (Wildman–Crippen LogP) is 2.92. The molecule has 7 heteroatoms. The molecule has 3 N–H and O–H groups in total. The monoisotopic (exact) mass is 391 g/mol. The van der Waals surface area contributed by atoms with E-state index < -0.39 is 0 Å². The van der Waals surface area contributed by atoms with Gasteiger partial charge in [0.05, 0.1) is 13.2 Å². The molecule has 0 aromatic heterocycles. The van der Waals surface area contributed by atoms with Gasteiger partial charge in [-0.05, 0) is 45.0 Å². The lowest BCUT2D eigenvalue weighted by molar-refractivity contribution is -0.121. The van der Waals surface area contributed by atoms with E-state index in [1.807, 2.05) is 18.2 Å². The zero-order valence-electron chi connectivity index (χ0n) is 14.9. The van der Waals surface area contributed by atoms with Crippen LogP contribution < -0.4 is 15.8 Å². The maximum atomic E-state index is 12.0. The molecule has 144 valence electrons. The number of benzene rings is 1. The summed E-state index contributed by atoms with van der Waals surface area (Å²) in [5.74, 6) is 0.964. The van der Waals surface area contributed by atoms with Crippen LogP contribution in [-0.4, -0.2) is 44.1 Å². The molecule has 5 nitrogen and oxygen atoms in total. The van der Waals surface area contributed by atoms with Crippen molar-refractivity contribution in [3.8, 4) is 5.75 Å². The second-order valence-electron chi connectivity index (χ2n) is 6.05. The van der Waals surface area contributed by atoms with Crippen LogP contribution in [0.2, 0.25) is 0 Å². The van der Waals surface area contributed by atoms with Crippen molar-refractivity contribution in [2.24, 2.45) is 5.73 Å². The van der Waals surface area contributed by atoms with Gasteiger partial charge in [0.15, 0.2) is 0 Å². The number of hydrogen-bond donors (Lipinski definition) is 2. The van der Waals surface area contributed by atoms with Crippen molar-refractivity contribution in [1.29, 1.82) is 0 Å². The average Bonchev–Trinajstić information content (AvgIpc) is 2.61. The topological polar surface area (TPSA) is 67.6 Å². The van der Waals surface area contributed by atoms with Crippen molar-refractivity contribution in [1.82, 2.24) is 10.2 Å². The summed E-state index contributed by atoms with van der Waals surface area (Å²) in [5.41, 5.74) is 6.62. The molecular formula is C18H31Cl2N3O2. The van der Waals surface area contributed by atoms with Gasteiger partial charge in [-0.1, -0.05) is 24.6 Å². The van der Waals surface area contributed by atoms with Crippen molar-refractivity contribution in [3.05, 3.63) is 29.8 Å². The van der Waals surface area contributed by atoms with E-state index in [0.717, 1.165) is 30.8 Å². The molecule has 0 radical (unpaired) electrons. The molecule has 0 spiro atoms. The fourth-order valence-electron chi connectivity index (χ4n) is 3.17. The summed E-state index contributed by atoms with van der Waals surface area (Å²) in [6, 6.07) is 8.26. The van der Waals surface area contributed by atoms with Crippen LogP contribution in [0.4, 0.5) is 0 Å². The minimum absolute atomic E-state index is 0. The number of rotatable bonds is 8. The van der Waals surface area contributed by atoms with E-state index in [0.29, 0.717) is 19.5 Å². The highest BCUT2D eigenvalue weighted by molar-refractivity contribution is 5.85. The minimum atomic E-state index is 0. The number of piperidine rings is 1. The molecule has 1 unspecified atom stereocenters. The van der Waals surface area contributed by atoms with Gasteiger partial charge in [0.1, 0.15) is 5.75 Å². The Morgan fingerprint density at radius 2 is 1.92 bits per heavy atom. The van der Waals surface area contributed by atoms with E-state index in [-0.39, 0.29) is 36.8 Å². The number of ether oxygens (including phenoxy) is 1. The summed E-state index contributed by atoms with van der Waals surface area (Å²) in [4.78, 5) is 14.4. The maximum absolute atomic E-state index is 12.0. The number of amides is 1. The lowest BCUT2D eigenvalue weighted by Gasteiger charge is -2.35. The molecule has 1 aliphatic heterocycles. The number of methoxy groups -OCH3 is 1. The Balaban J connectivity index is 0.00000288. The molecule has 1 aromatic rings. The minimum Gasteiger partial charge on any atom is -0.496 e. The number of carbonyl (C=O) groups excluding carboxylic acids is 1. The third kappa shape index (κ3) is 7.40. The predicted molar refractivity (Wildman–Crippen MR) is 107 cm³/mol. The molecule has 1 heterocycles. The van der Waals surface area contributed by atoms with Crippen LogP contribution >= 0.6 is 24.8 Å². The molecule has 0 bridgehead atoms. The van der Waals surface area contributed by atoms with Crippen molar-refractivity contribution in [2.45, 2.75) is 38.1 Å². The number of carbonyl (C=O) groups is 1. The lowest BCUT2D eigenvalue weighted by Crippen LogP contribution is -2.40. The highest BCUT2D eigenvalue weighted by atomic mass is 35.5. The molecule has 1 fully saturated rings. The summed E-state index contributed by atoms with van der Waals surface area (Å²) in [5, 5.41) is 3.07. The first kappa shape index (κ1) is 24.0. The van der Waals surface area contributed by atoms with Gasteiger partial charge in [0.25, 0.3) is 0 Å². The Labute approximate surface area is 163 Å². The van der Waals surface area contributed by atoms with Crippen LogP contribution in [-0.2, 0) is 4.79 Å². The standard InChI is InChI=1S/C18H29N3O2.2ClH/c1-23-17-9-4-3-8-15(17)16(21-12-5-2-6-13-21)14-20-18(22)10-7-11-19;;/h3-4,8-9,16H,2,5-7,10-14,19H2,1H3,(H,20,22);2*1H. The maximum Gasteiger partial charge on any atom is 0.220 e. The summed E-state index contributed by atoms with van der Waals surface area (Å²) < 4.78 is 5.53. The Bertz CT molecular complexity index is 497. The number of halogens is 2. The van der Waals surface area contributed by atoms with Crippen LogP contribution in [0.1, 0.15) is 43.7 Å². The number of hydrogen-bond acceptors (Lipinski definition) is 4. The lowest BCUT2D eigenvalue weighted by atomic mass is 10.0. The molecular weight excluding hydrogens is 361 g/mol. The first-order valence-corrected chi connectivity index (χ1v) is 8.60. The van der Waals surface area contributed by atoms with Crippen LogP contribution in [0, 0.1) is 0 Å². The van der Waals surface area contributed by atoms with Crippen LogP contribution in [0.3, 0.4) is 0 Å². The molecule has 0 aliphatic carbocycles. The van der Waals surface area contributed by atoms with Crippen molar-refractivity contribution < 1.29 is 9.53 Å². The van der Waals surface area contributed by atoms with Crippen LogP contribution in [0.15, 0.2) is 24.3 Å². The molecule has 0 saturated carbocycles. The molecule has 25 heavy (non-hydrogen) atoms. The second kappa shape index (κ2) is 13.2. The fourth-order valence-corrected chi connectivity index (χ4v) is 3.17. The molecule has 1 aliphatic rings. The Morgan fingerprint density at radius 1 is 1.24 bits per heavy atom. The smallest absolute Gasteiger partial charge is 0.220 e. The molecule has 1 amide bonds. The van der Waals surface area contributed by atoms with Crippen molar-refractivity contribution >= 4 is 30.7 Å². The van der Waals surface area contributed by atoms with Gasteiger partial charge in [0, 0.05) is 18.5 Å². The number of nitrogens with zero attached hydrogens (tertiary/aromatic N) is 1. The van der Waals surface area contributed by atoms with Crippen LogP contribution in [0.25, 0.3) is 0 Å². The molecule has 1 saturated heterocycles. The highest BCUT2D eigenvalue weighted by Crippen LogP contribution is 2.30. The van der Waals surface area contributed by atoms with E-state index in [9.17, 15) is 4.79 Å². The summed E-state index contributed by atoms with van der Waals surface area (Å²) in [6.07, 6.45) is 4.95. The van der Waals surface area contributed by atoms with E-state index >= 15 is 0 Å². The van der Waals surface area contributed by atoms with Crippen molar-refractivity contribution in [3.63, 3.8) is 0 Å². The van der Waals surface area contributed by atoms with Gasteiger partial charge in [-0.2, -0.15) is 0 Å². The summed E-state index contributed by atoms with van der Waals surface area (Å²) >= 11 is 0. The molecule has 1 atom stereocenters.